The zero-order valence-corrected chi connectivity index (χ0v) is 13.2. The first-order valence-corrected chi connectivity index (χ1v) is 7.51. The molecule has 1 amide bonds. The summed E-state index contributed by atoms with van der Waals surface area (Å²) in [6.07, 6.45) is 3.49. The van der Waals surface area contributed by atoms with E-state index in [1.54, 1.807) is 11.7 Å². The van der Waals surface area contributed by atoms with Gasteiger partial charge in [-0.3, -0.25) is 14.8 Å². The monoisotopic (exact) mass is 315 g/mol. The molecule has 0 fully saturated rings. The van der Waals surface area contributed by atoms with Crippen molar-refractivity contribution in [3.8, 4) is 0 Å². The predicted octanol–water partition coefficient (Wildman–Crippen LogP) is 2.15. The maximum absolute atomic E-state index is 12.5. The van der Waals surface area contributed by atoms with Crippen LogP contribution in [0.4, 0.5) is 0 Å². The van der Waals surface area contributed by atoms with Crippen LogP contribution in [0.3, 0.4) is 0 Å². The number of nitrogens with zero attached hydrogens (tertiary/aromatic N) is 1. The first kappa shape index (κ1) is 16.9. The van der Waals surface area contributed by atoms with Crippen LogP contribution in [0.25, 0.3) is 0 Å². The summed E-state index contributed by atoms with van der Waals surface area (Å²) in [4.78, 5) is 31.1. The number of carbonyl (C=O) groups excluding carboxylic acids is 2. The fraction of sp³-hybridized carbons (Fsp3) is 0.353. The molecule has 0 spiro atoms. The van der Waals surface area contributed by atoms with Crippen molar-refractivity contribution in [3.05, 3.63) is 53.6 Å². The van der Waals surface area contributed by atoms with Gasteiger partial charge < -0.3 is 4.98 Å². The molecule has 2 rings (SSSR count). The van der Waals surface area contributed by atoms with Crippen molar-refractivity contribution in [2.45, 2.75) is 32.6 Å². The number of carbonyl (C=O) groups is 2. The predicted molar refractivity (Wildman–Crippen MR) is 84.9 cm³/mol. The number of H-pyrrole nitrogens is 1. The van der Waals surface area contributed by atoms with Crippen molar-refractivity contribution in [3.63, 3.8) is 0 Å². The smallest absolute Gasteiger partial charge is 0.247 e. The highest BCUT2D eigenvalue weighted by Crippen LogP contribution is 2.22. The minimum atomic E-state index is -0.638. The lowest BCUT2D eigenvalue weighted by atomic mass is 9.88. The average molecular weight is 315 g/mol. The van der Waals surface area contributed by atoms with E-state index in [-0.39, 0.29) is 18.1 Å². The molecule has 1 heterocycles. The molecule has 0 aliphatic heterocycles. The summed E-state index contributed by atoms with van der Waals surface area (Å²) in [6, 6.07) is 7.77. The molecule has 0 saturated carbocycles. The number of nitrogens with one attached hydrogen (secondary N) is 2. The topological polar surface area (TPSA) is 95.1 Å². The lowest BCUT2D eigenvalue weighted by molar-refractivity contribution is -0.136. The van der Waals surface area contributed by atoms with E-state index >= 15 is 0 Å². The number of aromatic amines is 1. The first-order chi connectivity index (χ1) is 11.0. The maximum Gasteiger partial charge on any atom is 0.247 e. The summed E-state index contributed by atoms with van der Waals surface area (Å²) >= 11 is 0. The van der Waals surface area contributed by atoms with Crippen molar-refractivity contribution in [2.75, 3.05) is 0 Å². The third kappa shape index (κ3) is 4.50. The Morgan fingerprint density at radius 3 is 2.57 bits per heavy atom. The number of Topliss-reactive ketones (excluding diaryl/α,β-unsaturated/α-hetero) is 1. The van der Waals surface area contributed by atoms with Crippen LogP contribution < -0.4 is 5.48 Å². The van der Waals surface area contributed by atoms with Crippen LogP contribution in [0.2, 0.25) is 0 Å². The van der Waals surface area contributed by atoms with Gasteiger partial charge in [-0.05, 0) is 12.5 Å². The van der Waals surface area contributed by atoms with E-state index in [4.69, 9.17) is 5.21 Å². The van der Waals surface area contributed by atoms with Crippen molar-refractivity contribution >= 4 is 11.7 Å². The molecular weight excluding hydrogens is 294 g/mol. The van der Waals surface area contributed by atoms with E-state index in [0.717, 1.165) is 16.8 Å². The van der Waals surface area contributed by atoms with E-state index in [2.05, 4.69) is 9.97 Å². The van der Waals surface area contributed by atoms with Gasteiger partial charge >= 0.3 is 0 Å². The normalized spacial score (nSPS) is 13.3. The van der Waals surface area contributed by atoms with E-state index in [0.29, 0.717) is 6.42 Å². The summed E-state index contributed by atoms with van der Waals surface area (Å²) in [7, 11) is 0. The van der Waals surface area contributed by atoms with Crippen LogP contribution >= 0.6 is 0 Å². The Hall–Kier alpha value is -2.47. The van der Waals surface area contributed by atoms with E-state index in [1.807, 2.05) is 38.1 Å². The molecular formula is C17H21N3O3. The van der Waals surface area contributed by atoms with Gasteiger partial charge in [-0.2, -0.15) is 0 Å². The zero-order chi connectivity index (χ0) is 16.8. The summed E-state index contributed by atoms with van der Waals surface area (Å²) in [5.41, 5.74) is 4.44. The third-order valence-electron chi connectivity index (χ3n) is 4.01. The highest BCUT2D eigenvalue weighted by Gasteiger charge is 2.25. The summed E-state index contributed by atoms with van der Waals surface area (Å²) in [5.74, 6) is -1.54. The van der Waals surface area contributed by atoms with Gasteiger partial charge in [0.2, 0.25) is 5.91 Å². The Bertz CT molecular complexity index is 650. The Balaban J connectivity index is 2.07. The van der Waals surface area contributed by atoms with Crippen molar-refractivity contribution in [1.29, 1.82) is 0 Å². The zero-order valence-electron chi connectivity index (χ0n) is 13.2. The van der Waals surface area contributed by atoms with Gasteiger partial charge in [-0.1, -0.05) is 36.8 Å². The molecule has 23 heavy (non-hydrogen) atoms. The summed E-state index contributed by atoms with van der Waals surface area (Å²) < 4.78 is 0. The van der Waals surface area contributed by atoms with E-state index < -0.39 is 11.8 Å². The van der Waals surface area contributed by atoms with Crippen LogP contribution in [-0.2, 0) is 16.0 Å². The Morgan fingerprint density at radius 1 is 1.30 bits per heavy atom. The molecule has 6 heteroatoms. The molecule has 1 aromatic heterocycles. The maximum atomic E-state index is 12.5. The first-order valence-electron chi connectivity index (χ1n) is 7.51. The largest absolute Gasteiger partial charge is 0.348 e. The Kier molecular flexibility index (Phi) is 5.65. The highest BCUT2D eigenvalue weighted by atomic mass is 16.5. The molecule has 122 valence electrons. The lowest BCUT2D eigenvalue weighted by Crippen LogP contribution is -2.32. The van der Waals surface area contributed by atoms with Gasteiger partial charge in [0.05, 0.1) is 12.2 Å². The lowest BCUT2D eigenvalue weighted by Gasteiger charge is -2.17. The summed E-state index contributed by atoms with van der Waals surface area (Å²) in [5, 5.41) is 8.90. The van der Waals surface area contributed by atoms with E-state index in [1.165, 1.54) is 6.33 Å². The standard InChI is InChI=1S/C17H21N3O3/c1-11-3-5-13(6-4-11)12(2)16(21)8-14(17(22)20-23)7-15-9-18-10-19-15/h3-6,9-10,12,14,23H,7-8H2,1-2H3,(H,18,19)(H,20,22). The Morgan fingerprint density at radius 2 is 2.00 bits per heavy atom. The minimum absolute atomic E-state index is 0.0398. The number of rotatable bonds is 7. The second-order valence-corrected chi connectivity index (χ2v) is 5.76. The molecule has 0 bridgehead atoms. The molecule has 0 radical (unpaired) electrons. The average Bonchev–Trinajstić information content (AvgIpc) is 3.06. The number of hydrogen-bond acceptors (Lipinski definition) is 4. The minimum Gasteiger partial charge on any atom is -0.348 e. The number of ketones is 1. The second-order valence-electron chi connectivity index (χ2n) is 5.76. The molecule has 0 saturated heterocycles. The summed E-state index contributed by atoms with van der Waals surface area (Å²) in [6.45, 7) is 3.82. The van der Waals surface area contributed by atoms with Crippen molar-refractivity contribution in [2.24, 2.45) is 5.92 Å². The molecule has 0 aliphatic carbocycles. The van der Waals surface area contributed by atoms with Crippen molar-refractivity contribution < 1.29 is 14.8 Å². The number of amides is 1. The van der Waals surface area contributed by atoms with Crippen LogP contribution in [0.5, 0.6) is 0 Å². The molecule has 6 nitrogen and oxygen atoms in total. The molecule has 2 atom stereocenters. The number of benzene rings is 1. The number of aryl methyl sites for hydroxylation is 1. The van der Waals surface area contributed by atoms with Gasteiger partial charge in [0.25, 0.3) is 0 Å². The number of hydroxylamine groups is 1. The number of aromatic nitrogens is 2. The van der Waals surface area contributed by atoms with Crippen LogP contribution in [0.15, 0.2) is 36.8 Å². The van der Waals surface area contributed by atoms with Gasteiger partial charge in [-0.15, -0.1) is 0 Å². The van der Waals surface area contributed by atoms with Gasteiger partial charge in [-0.25, -0.2) is 10.5 Å². The fourth-order valence-electron chi connectivity index (χ4n) is 2.47. The molecule has 2 unspecified atom stereocenters. The van der Waals surface area contributed by atoms with Crippen LogP contribution in [0, 0.1) is 12.8 Å². The molecule has 1 aromatic carbocycles. The number of hydrogen-bond donors (Lipinski definition) is 3. The molecule has 3 N–H and O–H groups in total. The number of imidazole rings is 1. The molecule has 2 aromatic rings. The van der Waals surface area contributed by atoms with Gasteiger partial charge in [0.15, 0.2) is 0 Å². The quantitative estimate of drug-likeness (QED) is 0.539. The molecule has 0 aliphatic rings. The SMILES string of the molecule is Cc1ccc(C(C)C(=O)CC(Cc2cnc[nH]2)C(=O)NO)cc1. The van der Waals surface area contributed by atoms with Gasteiger partial charge in [0.1, 0.15) is 5.78 Å². The Labute approximate surface area is 134 Å². The van der Waals surface area contributed by atoms with Gasteiger partial charge in [0, 0.05) is 30.7 Å². The fourth-order valence-corrected chi connectivity index (χ4v) is 2.47. The van der Waals surface area contributed by atoms with Crippen LogP contribution in [-0.4, -0.2) is 26.9 Å². The second kappa shape index (κ2) is 7.69. The van der Waals surface area contributed by atoms with Crippen molar-refractivity contribution in [1.82, 2.24) is 15.4 Å². The van der Waals surface area contributed by atoms with Crippen LogP contribution in [0.1, 0.15) is 36.1 Å². The third-order valence-corrected chi connectivity index (χ3v) is 4.01. The van der Waals surface area contributed by atoms with E-state index in [9.17, 15) is 9.59 Å². The highest BCUT2D eigenvalue weighted by molar-refractivity contribution is 5.90.